The Kier molecular flexibility index (Phi) is 19.9. The fourth-order valence-corrected chi connectivity index (χ4v) is 13.9. The van der Waals surface area contributed by atoms with Crippen molar-refractivity contribution in [1.82, 2.24) is 0 Å². The normalized spacial score (nSPS) is 31.7. The number of ether oxygens (including phenoxy) is 3. The Morgan fingerprint density at radius 2 is 1.31 bits per heavy atom. The molecule has 1 aromatic carbocycles. The first-order valence-electron chi connectivity index (χ1n) is 29.5. The second-order valence-corrected chi connectivity index (χ2v) is 27.3. The molecule has 0 bridgehead atoms. The Bertz CT molecular complexity index is 2440. The van der Waals surface area contributed by atoms with Crippen molar-refractivity contribution in [3.8, 4) is 11.5 Å². The third-order valence-corrected chi connectivity index (χ3v) is 18.4. The maximum atomic E-state index is 11.1. The predicted molar refractivity (Wildman–Crippen MR) is 315 cm³/mol. The number of fused-ring (bicyclic) bond motifs is 4. The van der Waals surface area contributed by atoms with Crippen LogP contribution in [0.15, 0.2) is 100 Å². The van der Waals surface area contributed by atoms with E-state index in [1.165, 1.54) is 84.8 Å². The van der Waals surface area contributed by atoms with Gasteiger partial charge in [-0.2, -0.15) is 0 Å². The Labute approximate surface area is 457 Å². The summed E-state index contributed by atoms with van der Waals surface area (Å²) < 4.78 is 21.0. The van der Waals surface area contributed by atoms with Crippen molar-refractivity contribution in [1.29, 1.82) is 0 Å². The van der Waals surface area contributed by atoms with Gasteiger partial charge in [0.2, 0.25) is 0 Å². The van der Waals surface area contributed by atoms with E-state index in [1.807, 2.05) is 13.0 Å². The van der Waals surface area contributed by atoms with Crippen LogP contribution in [0.5, 0.6) is 11.5 Å². The smallest absolute Gasteiger partial charge is 0.127 e. The lowest BCUT2D eigenvalue weighted by Gasteiger charge is -2.43. The highest BCUT2D eigenvalue weighted by Gasteiger charge is 2.74. The number of aliphatic hydroxyl groups is 3. The third-order valence-electron chi connectivity index (χ3n) is 18.4. The lowest BCUT2D eigenvalue weighted by molar-refractivity contribution is -0.0268. The molecule has 0 radical (unpaired) electrons. The van der Waals surface area contributed by atoms with Gasteiger partial charge in [0.15, 0.2) is 0 Å². The highest BCUT2D eigenvalue weighted by atomic mass is 16.6. The fraction of sp³-hybridized carbons (Fsp3) is 0.667. The predicted octanol–water partition coefficient (Wildman–Crippen LogP) is 16.9. The summed E-state index contributed by atoms with van der Waals surface area (Å²) in [6.45, 7) is 37.5. The summed E-state index contributed by atoms with van der Waals surface area (Å²) in [7, 11) is 0. The largest absolute Gasteiger partial charge is 0.487 e. The van der Waals surface area contributed by atoms with Crippen LogP contribution in [-0.4, -0.2) is 56.0 Å². The molecule has 2 aliphatic carbocycles. The molecule has 3 fully saturated rings. The molecule has 5 aliphatic rings. The Morgan fingerprint density at radius 1 is 0.693 bits per heavy atom. The topological polar surface area (TPSA) is 91.7 Å². The minimum atomic E-state index is -1.08. The molecular formula is C69H104O6. The molecule has 1 saturated heterocycles. The van der Waals surface area contributed by atoms with Crippen LogP contribution in [-0.2, 0) is 17.6 Å². The summed E-state index contributed by atoms with van der Waals surface area (Å²) in [5, 5.41) is 32.1. The monoisotopic (exact) mass is 1030 g/mol. The SMILES string of the molecule is C\C(C=C=C1C(C)(C)C[C@H](O)C[C@]1(C)O)=C/C=C/C(C)=C/C=C/C=C(\C)[C@@H]1Oc2c(C)c(C)c3c(c2C[C@H]1/C=C(C)/C=C/[C@]12O[C@@]1(C)C[C@H](O)CC2(C)C)CC[C@](C)(CCC[C@H](C)CCC[C@H](C)CCCC(C)C)O3. The van der Waals surface area contributed by atoms with E-state index in [2.05, 4.69) is 170 Å². The zero-order chi connectivity index (χ0) is 55.3. The van der Waals surface area contributed by atoms with E-state index in [0.717, 1.165) is 78.1 Å². The molecule has 6 nitrogen and oxygen atoms in total. The van der Waals surface area contributed by atoms with Crippen LogP contribution < -0.4 is 9.47 Å². The van der Waals surface area contributed by atoms with Gasteiger partial charge in [-0.3, -0.25) is 0 Å². The first-order valence-corrected chi connectivity index (χ1v) is 29.5. The molecule has 3 aliphatic heterocycles. The lowest BCUT2D eigenvalue weighted by Crippen LogP contribution is -2.46. The van der Waals surface area contributed by atoms with E-state index >= 15 is 0 Å². The molecule has 6 heteroatoms. The summed E-state index contributed by atoms with van der Waals surface area (Å²) in [5.74, 6) is 4.63. The zero-order valence-corrected chi connectivity index (χ0v) is 50.3. The van der Waals surface area contributed by atoms with Crippen molar-refractivity contribution in [2.75, 3.05) is 0 Å². The molecule has 10 atom stereocenters. The number of hydrogen-bond acceptors (Lipinski definition) is 6. The first-order chi connectivity index (χ1) is 35.0. The Hall–Kier alpha value is -3.64. The minimum absolute atomic E-state index is 0.0999. The summed E-state index contributed by atoms with van der Waals surface area (Å²) in [6.07, 6.45) is 39.6. The van der Waals surface area contributed by atoms with E-state index in [1.54, 1.807) is 6.92 Å². The maximum absolute atomic E-state index is 11.1. The van der Waals surface area contributed by atoms with Crippen LogP contribution in [0.25, 0.3) is 0 Å². The van der Waals surface area contributed by atoms with Gasteiger partial charge in [-0.15, -0.1) is 5.73 Å². The average Bonchev–Trinajstić information content (AvgIpc) is 3.92. The van der Waals surface area contributed by atoms with Gasteiger partial charge >= 0.3 is 0 Å². The fourth-order valence-electron chi connectivity index (χ4n) is 13.9. The molecule has 0 aromatic heterocycles. The van der Waals surface area contributed by atoms with E-state index in [4.69, 9.17) is 14.2 Å². The summed E-state index contributed by atoms with van der Waals surface area (Å²) >= 11 is 0. The van der Waals surface area contributed by atoms with Crippen molar-refractivity contribution in [2.45, 2.75) is 261 Å². The van der Waals surface area contributed by atoms with Gasteiger partial charge in [-0.1, -0.05) is 166 Å². The van der Waals surface area contributed by atoms with Gasteiger partial charge in [0, 0.05) is 40.9 Å². The molecule has 3 N–H and O–H groups in total. The Morgan fingerprint density at radius 3 is 1.96 bits per heavy atom. The first kappa shape index (κ1) is 60.6. The maximum Gasteiger partial charge on any atom is 0.127 e. The average molecular weight is 1030 g/mol. The van der Waals surface area contributed by atoms with E-state index in [0.29, 0.717) is 19.3 Å². The number of allylic oxidation sites excluding steroid dienone is 11. The summed E-state index contributed by atoms with van der Waals surface area (Å²) in [5.41, 5.74) is 11.3. The number of epoxide rings is 1. The number of benzene rings is 1. The summed E-state index contributed by atoms with van der Waals surface area (Å²) in [4.78, 5) is 0. The molecule has 416 valence electrons. The third kappa shape index (κ3) is 14.9. The highest BCUT2D eigenvalue weighted by molar-refractivity contribution is 5.61. The van der Waals surface area contributed by atoms with Crippen molar-refractivity contribution >= 4 is 0 Å². The standard InChI is InChI=1S/C69H104O6/c1-46(2)24-20-26-48(4)28-21-29-49(5)31-23-37-66(15)38-36-58-59-41-55(40-51(7)35-39-69-65(13,14)43-57(71)45-68(69,17)75-69)61(73-62(59)53(9)54(10)63(58)74-66)52(8)32-19-18-25-47(3)27-22-30-50(6)33-34-60-64(11,12)42-56(70)44-67(60,16)72/h18-19,22,25,27,30,32-33,35,39-40,46,48-49,55-57,61,70-72H,20-21,23-24,26,28-29,31,36-38,41-45H2,1-17H3/b19-18+,27-22+,39-35+,47-25+,50-30+,51-40+,52-32+/t34?,48-,49-,55-,56+,57-,61+,66+,67+,68+,69-/m1/s1. The second-order valence-electron chi connectivity index (χ2n) is 27.3. The van der Waals surface area contributed by atoms with Crippen molar-refractivity contribution in [3.05, 3.63) is 123 Å². The van der Waals surface area contributed by atoms with Crippen molar-refractivity contribution in [2.24, 2.45) is 34.5 Å². The minimum Gasteiger partial charge on any atom is -0.487 e. The lowest BCUT2D eigenvalue weighted by atomic mass is 9.63. The molecule has 0 amide bonds. The molecule has 0 spiro atoms. The molecule has 6 rings (SSSR count). The van der Waals surface area contributed by atoms with Crippen LogP contribution in [0.1, 0.15) is 216 Å². The van der Waals surface area contributed by atoms with Gasteiger partial charge in [-0.05, 0) is 165 Å². The van der Waals surface area contributed by atoms with E-state index in [9.17, 15) is 15.3 Å². The molecular weight excluding hydrogens is 925 g/mol. The van der Waals surface area contributed by atoms with Gasteiger partial charge in [0.25, 0.3) is 0 Å². The number of hydrogen-bond donors (Lipinski definition) is 3. The van der Waals surface area contributed by atoms with Gasteiger partial charge in [0.05, 0.1) is 17.8 Å². The van der Waals surface area contributed by atoms with Crippen LogP contribution in [0.2, 0.25) is 0 Å². The van der Waals surface area contributed by atoms with E-state index in [-0.39, 0.29) is 40.2 Å². The second kappa shape index (κ2) is 24.6. The van der Waals surface area contributed by atoms with Gasteiger partial charge in [0.1, 0.15) is 34.4 Å². The van der Waals surface area contributed by atoms with Crippen LogP contribution in [0, 0.1) is 48.3 Å². The van der Waals surface area contributed by atoms with Crippen LogP contribution in [0.4, 0.5) is 0 Å². The van der Waals surface area contributed by atoms with Gasteiger partial charge in [-0.25, -0.2) is 0 Å². The quantitative estimate of drug-likeness (QED) is 0.0646. The van der Waals surface area contributed by atoms with Gasteiger partial charge < -0.3 is 29.5 Å². The van der Waals surface area contributed by atoms with Crippen molar-refractivity contribution in [3.63, 3.8) is 0 Å². The number of rotatable bonds is 21. The van der Waals surface area contributed by atoms with Crippen molar-refractivity contribution < 1.29 is 29.5 Å². The molecule has 3 heterocycles. The number of aliphatic hydroxyl groups excluding tert-OH is 2. The molecule has 1 aromatic rings. The van der Waals surface area contributed by atoms with E-state index < -0.39 is 17.3 Å². The summed E-state index contributed by atoms with van der Waals surface area (Å²) in [6, 6.07) is 0. The van der Waals surface area contributed by atoms with Crippen LogP contribution >= 0.6 is 0 Å². The van der Waals surface area contributed by atoms with Crippen LogP contribution in [0.3, 0.4) is 0 Å². The highest BCUT2D eigenvalue weighted by Crippen LogP contribution is 2.66. The molecule has 0 unspecified atom stereocenters. The molecule has 75 heavy (non-hydrogen) atoms. The Balaban J connectivity index is 1.18. The zero-order valence-electron chi connectivity index (χ0n) is 50.3. The molecule has 2 saturated carbocycles.